The lowest BCUT2D eigenvalue weighted by molar-refractivity contribution is -0.861. The predicted molar refractivity (Wildman–Crippen MR) is 62.5 cm³/mol. The van der Waals surface area contributed by atoms with Gasteiger partial charge in [-0.3, -0.25) is 4.79 Å². The predicted octanol–water partition coefficient (Wildman–Crippen LogP) is 0.0290. The van der Waals surface area contributed by atoms with Crippen molar-refractivity contribution in [2.45, 2.75) is 6.42 Å². The van der Waals surface area contributed by atoms with E-state index in [9.17, 15) is 14.8 Å². The fourth-order valence-electron chi connectivity index (χ4n) is 0.977. The summed E-state index contributed by atoms with van der Waals surface area (Å²) in [7, 11) is 3.76. The Morgan fingerprint density at radius 3 is 2.56 bits per heavy atom. The maximum absolute atomic E-state index is 11.5. The first-order valence-electron chi connectivity index (χ1n) is 4.86. The van der Waals surface area contributed by atoms with Gasteiger partial charge in [-0.25, -0.2) is 0 Å². The van der Waals surface area contributed by atoms with Crippen LogP contribution in [-0.2, 0) is 9.53 Å². The zero-order chi connectivity index (χ0) is 12.8. The number of hydrogen-bond donors (Lipinski definition) is 1. The number of ether oxygens (including phenoxy) is 1. The summed E-state index contributed by atoms with van der Waals surface area (Å²) < 4.78 is 4.96. The molecule has 0 aromatic rings. The number of esters is 1. The van der Waals surface area contributed by atoms with Crippen molar-refractivity contribution in [1.82, 2.24) is 0 Å². The molecule has 0 spiro atoms. The number of hydrogen-bond acceptors (Lipinski definition) is 3. The molecule has 92 valence electrons. The van der Waals surface area contributed by atoms with Gasteiger partial charge in [0.15, 0.2) is 6.54 Å². The highest BCUT2D eigenvalue weighted by atomic mass is 31.1. The van der Waals surface area contributed by atoms with Gasteiger partial charge in [-0.05, 0) is 0 Å². The van der Waals surface area contributed by atoms with Crippen LogP contribution in [0.15, 0.2) is 12.8 Å². The van der Waals surface area contributed by atoms with Gasteiger partial charge in [0, 0.05) is 0 Å². The number of rotatable bonds is 6. The van der Waals surface area contributed by atoms with Crippen LogP contribution >= 0.6 is 7.77 Å². The van der Waals surface area contributed by atoms with Crippen molar-refractivity contribution >= 4 is 19.2 Å². The van der Waals surface area contributed by atoms with E-state index in [2.05, 4.69) is 11.3 Å². The number of quaternary nitrogens is 1. The van der Waals surface area contributed by atoms with Crippen molar-refractivity contribution in [1.29, 1.82) is 0 Å². The standard InChI is InChI=1S/C10H18NO4P/c1-5-15-9(12)6-7-16(14)10(13)8-11(2,3)4/h5H,1,6-8H2,2-4H3/p+1. The first-order valence-corrected chi connectivity index (χ1v) is 6.31. The Morgan fingerprint density at radius 2 is 2.12 bits per heavy atom. The molecule has 1 N–H and O–H groups in total. The van der Waals surface area contributed by atoms with Gasteiger partial charge in [0.1, 0.15) is 6.16 Å². The molecule has 0 fully saturated rings. The second-order valence-corrected chi connectivity index (χ2v) is 6.09. The van der Waals surface area contributed by atoms with Crippen molar-refractivity contribution < 1.29 is 24.0 Å². The van der Waals surface area contributed by atoms with E-state index in [4.69, 9.17) is 0 Å². The van der Waals surface area contributed by atoms with Gasteiger partial charge in [0.05, 0.1) is 41.6 Å². The molecule has 0 saturated carbocycles. The zero-order valence-electron chi connectivity index (χ0n) is 9.97. The molecule has 0 aromatic heterocycles. The third-order valence-electron chi connectivity index (χ3n) is 1.64. The average molecular weight is 248 g/mol. The Kier molecular flexibility index (Phi) is 6.45. The maximum atomic E-state index is 11.5. The van der Waals surface area contributed by atoms with Crippen molar-refractivity contribution in [2.75, 3.05) is 33.8 Å². The lowest BCUT2D eigenvalue weighted by Crippen LogP contribution is -2.39. The van der Waals surface area contributed by atoms with Crippen LogP contribution in [0.2, 0.25) is 0 Å². The molecule has 0 radical (unpaired) electrons. The fraction of sp³-hybridized carbons (Fsp3) is 0.600. The number of carbonyl (C=O) groups is 1. The van der Waals surface area contributed by atoms with Gasteiger partial charge >= 0.3 is 5.97 Å². The molecule has 0 amide bonds. The van der Waals surface area contributed by atoms with Crippen LogP contribution in [0.3, 0.4) is 0 Å². The summed E-state index contributed by atoms with van der Waals surface area (Å²) in [6.07, 6.45) is 1.15. The highest BCUT2D eigenvalue weighted by Gasteiger charge is 2.18. The van der Waals surface area contributed by atoms with Crippen LogP contribution in [-0.4, -0.2) is 54.9 Å². The lowest BCUT2D eigenvalue weighted by atomic mass is 10.5. The molecule has 1 unspecified atom stereocenters. The maximum Gasteiger partial charge on any atom is 0.314 e. The molecule has 0 heterocycles. The summed E-state index contributed by atoms with van der Waals surface area (Å²) in [4.78, 5) is 22.5. The van der Waals surface area contributed by atoms with E-state index < -0.39 is 13.7 Å². The molecule has 16 heavy (non-hydrogen) atoms. The molecular weight excluding hydrogens is 229 g/mol. The van der Waals surface area contributed by atoms with E-state index >= 15 is 0 Å². The topological polar surface area (TPSA) is 69.6 Å². The third kappa shape index (κ3) is 7.54. The lowest BCUT2D eigenvalue weighted by Gasteiger charge is -2.22. The first kappa shape index (κ1) is 15.3. The summed E-state index contributed by atoms with van der Waals surface area (Å²) in [6.45, 7) is 3.55. The Bertz CT molecular complexity index is 294. The smallest absolute Gasteiger partial charge is 0.314 e. The van der Waals surface area contributed by atoms with Crippen molar-refractivity contribution in [3.63, 3.8) is 0 Å². The molecule has 0 aliphatic rings. The quantitative estimate of drug-likeness (QED) is 0.311. The third-order valence-corrected chi connectivity index (χ3v) is 2.98. The molecule has 6 heteroatoms. The van der Waals surface area contributed by atoms with Gasteiger partial charge in [-0.15, -0.1) is 0 Å². The normalized spacial score (nSPS) is 13.1. The minimum Gasteiger partial charge on any atom is -0.628 e. The van der Waals surface area contributed by atoms with Gasteiger partial charge < -0.3 is 19.2 Å². The van der Waals surface area contributed by atoms with Crippen LogP contribution < -0.4 is 4.89 Å². The largest absolute Gasteiger partial charge is 0.628 e. The summed E-state index contributed by atoms with van der Waals surface area (Å²) in [5, 5.41) is 9.54. The minimum atomic E-state index is -1.88. The number of nitrogens with zero attached hydrogens (tertiary/aromatic N) is 1. The number of carbonyl (C=O) groups excluding carboxylic acids is 1. The van der Waals surface area contributed by atoms with E-state index in [0.29, 0.717) is 11.0 Å². The molecule has 0 aliphatic carbocycles. The molecule has 1 atom stereocenters. The zero-order valence-corrected chi connectivity index (χ0v) is 10.9. The van der Waals surface area contributed by atoms with Crippen LogP contribution in [0, 0.1) is 0 Å². The minimum absolute atomic E-state index is 0.0163. The van der Waals surface area contributed by atoms with Gasteiger partial charge in [0.2, 0.25) is 0 Å². The van der Waals surface area contributed by atoms with E-state index in [1.54, 1.807) is 0 Å². The Balaban J connectivity index is 4.21. The van der Waals surface area contributed by atoms with Crippen molar-refractivity contribution in [3.8, 4) is 0 Å². The van der Waals surface area contributed by atoms with E-state index in [0.717, 1.165) is 6.26 Å². The Morgan fingerprint density at radius 1 is 1.56 bits per heavy atom. The average Bonchev–Trinajstić information content (AvgIpc) is 2.11. The Hall–Kier alpha value is -0.740. The molecule has 5 nitrogen and oxygen atoms in total. The van der Waals surface area contributed by atoms with Crippen molar-refractivity contribution in [3.05, 3.63) is 12.8 Å². The van der Waals surface area contributed by atoms with Crippen molar-refractivity contribution in [2.24, 2.45) is 0 Å². The summed E-state index contributed by atoms with van der Waals surface area (Å²) in [5.74, 6) is -0.489. The highest BCUT2D eigenvalue weighted by Crippen LogP contribution is 2.15. The van der Waals surface area contributed by atoms with Crippen LogP contribution in [0.1, 0.15) is 6.42 Å². The van der Waals surface area contributed by atoms with Gasteiger partial charge in [-0.2, -0.15) is 0 Å². The molecule has 0 saturated heterocycles. The van der Waals surface area contributed by atoms with Crippen LogP contribution in [0.5, 0.6) is 0 Å². The number of aliphatic hydroxyl groups is 1. The fourth-order valence-corrected chi connectivity index (χ4v) is 2.20. The van der Waals surface area contributed by atoms with E-state index in [1.165, 1.54) is 0 Å². The summed E-state index contributed by atoms with van der Waals surface area (Å²) in [6, 6.07) is 0. The molecule has 0 aliphatic heterocycles. The molecular formula is C10H19NO4P+. The second-order valence-electron chi connectivity index (χ2n) is 4.37. The number of likely N-dealkylation sites (N-methyl/N-ethyl adjacent to an activating group) is 1. The monoisotopic (exact) mass is 248 g/mol. The van der Waals surface area contributed by atoms with Crippen LogP contribution in [0.4, 0.5) is 0 Å². The number of aliphatic hydroxyl groups excluding tert-OH is 1. The molecule has 0 bridgehead atoms. The summed E-state index contributed by atoms with van der Waals surface area (Å²) in [5.41, 5.74) is -0.0612. The molecule has 0 aromatic carbocycles. The van der Waals surface area contributed by atoms with E-state index in [1.807, 2.05) is 21.1 Å². The summed E-state index contributed by atoms with van der Waals surface area (Å²) >= 11 is 0. The SMILES string of the molecule is C=COC(=O)CC/[P+]([O-])=C(\O)C[N+](C)(C)C. The van der Waals surface area contributed by atoms with E-state index in [-0.39, 0.29) is 18.1 Å². The first-order chi connectivity index (χ1) is 7.26. The van der Waals surface area contributed by atoms with Gasteiger partial charge in [0.25, 0.3) is 5.48 Å². The molecule has 0 rings (SSSR count). The second kappa shape index (κ2) is 6.76. The van der Waals surface area contributed by atoms with Gasteiger partial charge in [-0.1, -0.05) is 6.58 Å². The highest BCUT2D eigenvalue weighted by molar-refractivity contribution is 7.51. The Labute approximate surface area is 97.0 Å². The van der Waals surface area contributed by atoms with Crippen LogP contribution in [0.25, 0.3) is 0 Å².